The summed E-state index contributed by atoms with van der Waals surface area (Å²) in [5.74, 6) is -2.18. The fourth-order valence-corrected chi connectivity index (χ4v) is 1.90. The molecule has 1 rings (SSSR count). The van der Waals surface area contributed by atoms with E-state index in [4.69, 9.17) is 9.47 Å². The molecule has 5 heteroatoms. The van der Waals surface area contributed by atoms with Gasteiger partial charge in [0.05, 0.1) is 13.2 Å². The first-order valence-electron chi connectivity index (χ1n) is 7.44. The van der Waals surface area contributed by atoms with Gasteiger partial charge in [-0.3, -0.25) is 0 Å². The first kappa shape index (κ1) is 17.8. The average Bonchev–Trinajstić information content (AvgIpc) is 2.51. The fourth-order valence-electron chi connectivity index (χ4n) is 1.90. The highest BCUT2D eigenvalue weighted by Gasteiger charge is 2.26. The quantitative estimate of drug-likeness (QED) is 0.189. The first-order chi connectivity index (χ1) is 10.6. The highest BCUT2D eigenvalue weighted by molar-refractivity contribution is 6.18. The standard InChI is InChI=1S/C17H22O5/c1-3-5-9-12-22-15(13-10-7-6-8-11-13)14(16(18)19)17(20)21-4-2/h6-8,10-11H,3-5,9,12H2,1-2H3,(H,18,19). The third kappa shape index (κ3) is 5.24. The summed E-state index contributed by atoms with van der Waals surface area (Å²) in [6.45, 7) is 4.15. The lowest BCUT2D eigenvalue weighted by Crippen LogP contribution is -2.18. The molecule has 5 nitrogen and oxygen atoms in total. The van der Waals surface area contributed by atoms with Crippen LogP contribution in [0.4, 0.5) is 0 Å². The lowest BCUT2D eigenvalue weighted by molar-refractivity contribution is -0.143. The van der Waals surface area contributed by atoms with Gasteiger partial charge in [-0.25, -0.2) is 9.59 Å². The van der Waals surface area contributed by atoms with Gasteiger partial charge < -0.3 is 14.6 Å². The Balaban J connectivity index is 3.16. The minimum atomic E-state index is -1.35. The molecule has 0 aliphatic carbocycles. The van der Waals surface area contributed by atoms with Crippen molar-refractivity contribution >= 4 is 17.7 Å². The molecule has 0 aromatic heterocycles. The van der Waals surface area contributed by atoms with E-state index in [0.29, 0.717) is 12.2 Å². The van der Waals surface area contributed by atoms with E-state index in [-0.39, 0.29) is 12.4 Å². The number of aliphatic carboxylic acids is 1. The molecule has 0 atom stereocenters. The molecule has 22 heavy (non-hydrogen) atoms. The number of ether oxygens (including phenoxy) is 2. The molecule has 0 fully saturated rings. The molecule has 0 aliphatic heterocycles. The third-order valence-electron chi connectivity index (χ3n) is 2.95. The number of carboxylic acid groups (broad SMARTS) is 1. The van der Waals surface area contributed by atoms with Crippen LogP contribution in [0.3, 0.4) is 0 Å². The van der Waals surface area contributed by atoms with Crippen LogP contribution in [0.5, 0.6) is 0 Å². The van der Waals surface area contributed by atoms with E-state index in [1.807, 2.05) is 6.07 Å². The highest BCUT2D eigenvalue weighted by Crippen LogP contribution is 2.22. The number of carbonyl (C=O) groups is 2. The summed E-state index contributed by atoms with van der Waals surface area (Å²) in [7, 11) is 0. The summed E-state index contributed by atoms with van der Waals surface area (Å²) in [5, 5.41) is 9.37. The molecule has 120 valence electrons. The molecule has 0 saturated heterocycles. The van der Waals surface area contributed by atoms with Crippen molar-refractivity contribution in [2.24, 2.45) is 0 Å². The molecule has 0 radical (unpaired) electrons. The summed E-state index contributed by atoms with van der Waals surface area (Å²) in [6, 6.07) is 8.74. The van der Waals surface area contributed by atoms with Crippen LogP contribution in [0.15, 0.2) is 35.9 Å². The Labute approximate surface area is 130 Å². The van der Waals surface area contributed by atoms with E-state index < -0.39 is 17.5 Å². The number of hydrogen-bond acceptors (Lipinski definition) is 4. The monoisotopic (exact) mass is 306 g/mol. The summed E-state index contributed by atoms with van der Waals surface area (Å²) < 4.78 is 10.5. The number of hydrogen-bond donors (Lipinski definition) is 1. The smallest absolute Gasteiger partial charge is 0.349 e. The van der Waals surface area contributed by atoms with E-state index in [0.717, 1.165) is 19.3 Å². The Bertz CT molecular complexity index is 519. The molecule has 1 aromatic rings. The van der Waals surface area contributed by atoms with Gasteiger partial charge in [0.2, 0.25) is 0 Å². The minimum Gasteiger partial charge on any atom is -0.492 e. The Kier molecular flexibility index (Phi) is 7.75. The molecule has 1 aromatic carbocycles. The lowest BCUT2D eigenvalue weighted by atomic mass is 10.1. The highest BCUT2D eigenvalue weighted by atomic mass is 16.5. The van der Waals surface area contributed by atoms with E-state index in [9.17, 15) is 14.7 Å². The van der Waals surface area contributed by atoms with Crippen LogP contribution in [0.25, 0.3) is 5.76 Å². The Hall–Kier alpha value is -2.30. The van der Waals surface area contributed by atoms with Crippen molar-refractivity contribution in [2.75, 3.05) is 13.2 Å². The topological polar surface area (TPSA) is 72.8 Å². The molecule has 0 aliphatic rings. The first-order valence-corrected chi connectivity index (χ1v) is 7.44. The van der Waals surface area contributed by atoms with Crippen molar-refractivity contribution in [2.45, 2.75) is 33.1 Å². The predicted molar refractivity (Wildman–Crippen MR) is 83.1 cm³/mol. The molecule has 0 bridgehead atoms. The van der Waals surface area contributed by atoms with Crippen LogP contribution >= 0.6 is 0 Å². The number of benzene rings is 1. The zero-order chi connectivity index (χ0) is 16.4. The SMILES string of the molecule is CCCCCOC(=C(C(=O)O)C(=O)OCC)c1ccccc1. The van der Waals surface area contributed by atoms with Crippen molar-refractivity contribution in [3.05, 3.63) is 41.5 Å². The second-order valence-electron chi connectivity index (χ2n) is 4.65. The normalized spacial score (nSPS) is 11.5. The van der Waals surface area contributed by atoms with Crippen LogP contribution < -0.4 is 0 Å². The van der Waals surface area contributed by atoms with E-state index in [1.165, 1.54) is 0 Å². The summed E-state index contributed by atoms with van der Waals surface area (Å²) in [6.07, 6.45) is 2.80. The van der Waals surface area contributed by atoms with Gasteiger partial charge in [-0.15, -0.1) is 0 Å². The van der Waals surface area contributed by atoms with Crippen molar-refractivity contribution < 1.29 is 24.2 Å². The van der Waals surface area contributed by atoms with Crippen LogP contribution in [0.2, 0.25) is 0 Å². The predicted octanol–water partition coefficient (Wildman–Crippen LogP) is 3.25. The second-order valence-corrected chi connectivity index (χ2v) is 4.65. The average molecular weight is 306 g/mol. The maximum absolute atomic E-state index is 11.9. The van der Waals surface area contributed by atoms with Crippen molar-refractivity contribution in [1.82, 2.24) is 0 Å². The van der Waals surface area contributed by atoms with Crippen molar-refractivity contribution in [3.8, 4) is 0 Å². The van der Waals surface area contributed by atoms with Gasteiger partial charge in [0.25, 0.3) is 0 Å². The van der Waals surface area contributed by atoms with Gasteiger partial charge in [-0.05, 0) is 13.3 Å². The van der Waals surface area contributed by atoms with Gasteiger partial charge in [0, 0.05) is 5.56 Å². The maximum Gasteiger partial charge on any atom is 0.349 e. The zero-order valence-electron chi connectivity index (χ0n) is 13.0. The molecular weight excluding hydrogens is 284 g/mol. The van der Waals surface area contributed by atoms with Gasteiger partial charge >= 0.3 is 11.9 Å². The van der Waals surface area contributed by atoms with Gasteiger partial charge in [-0.2, -0.15) is 0 Å². The van der Waals surface area contributed by atoms with Gasteiger partial charge in [0.1, 0.15) is 5.76 Å². The fraction of sp³-hybridized carbons (Fsp3) is 0.412. The second kappa shape index (κ2) is 9.60. The molecule has 0 spiro atoms. The summed E-state index contributed by atoms with van der Waals surface area (Å²) in [5.41, 5.74) is 0.0778. The number of unbranched alkanes of at least 4 members (excludes halogenated alkanes) is 2. The number of esters is 1. The minimum absolute atomic E-state index is 0.0580. The van der Waals surface area contributed by atoms with Crippen LogP contribution in [0, 0.1) is 0 Å². The number of carboxylic acids is 1. The molecular formula is C17H22O5. The van der Waals surface area contributed by atoms with E-state index in [2.05, 4.69) is 6.92 Å². The Morgan fingerprint density at radius 2 is 1.73 bits per heavy atom. The van der Waals surface area contributed by atoms with Crippen molar-refractivity contribution in [1.29, 1.82) is 0 Å². The van der Waals surface area contributed by atoms with Gasteiger partial charge in [0.15, 0.2) is 5.57 Å². The largest absolute Gasteiger partial charge is 0.492 e. The Morgan fingerprint density at radius 1 is 1.05 bits per heavy atom. The molecule has 0 amide bonds. The molecule has 1 N–H and O–H groups in total. The zero-order valence-corrected chi connectivity index (χ0v) is 13.0. The molecule has 0 heterocycles. The lowest BCUT2D eigenvalue weighted by Gasteiger charge is -2.14. The maximum atomic E-state index is 11.9. The van der Waals surface area contributed by atoms with Crippen LogP contribution in [0.1, 0.15) is 38.7 Å². The summed E-state index contributed by atoms with van der Waals surface area (Å²) >= 11 is 0. The summed E-state index contributed by atoms with van der Waals surface area (Å²) in [4.78, 5) is 23.4. The Morgan fingerprint density at radius 3 is 2.27 bits per heavy atom. The molecule has 0 saturated carbocycles. The molecule has 0 unspecified atom stereocenters. The van der Waals surface area contributed by atoms with Gasteiger partial charge in [-0.1, -0.05) is 50.1 Å². The van der Waals surface area contributed by atoms with Crippen molar-refractivity contribution in [3.63, 3.8) is 0 Å². The van der Waals surface area contributed by atoms with E-state index >= 15 is 0 Å². The van der Waals surface area contributed by atoms with Crippen LogP contribution in [-0.4, -0.2) is 30.3 Å². The number of rotatable bonds is 9. The third-order valence-corrected chi connectivity index (χ3v) is 2.95. The van der Waals surface area contributed by atoms with E-state index in [1.54, 1.807) is 31.2 Å². The van der Waals surface area contributed by atoms with Crippen LogP contribution in [-0.2, 0) is 19.1 Å². The number of carbonyl (C=O) groups excluding carboxylic acids is 1.